The number of hydrogen-bond donors (Lipinski definition) is 0. The molecule has 0 radical (unpaired) electrons. The van der Waals surface area contributed by atoms with E-state index in [0.717, 1.165) is 74.2 Å². The Morgan fingerprint density at radius 1 is 0.545 bits per heavy atom. The number of allylic oxidation sites excluding steroid dienone is 4. The quantitative estimate of drug-likeness (QED) is 0.159. The fourth-order valence-corrected chi connectivity index (χ4v) is 11.1. The van der Waals surface area contributed by atoms with E-state index in [1.54, 1.807) is 0 Å². The summed E-state index contributed by atoms with van der Waals surface area (Å²) in [5.74, 6) is 0. The number of anilines is 3. The van der Waals surface area contributed by atoms with Crippen molar-refractivity contribution in [3.63, 3.8) is 0 Å². The molecule has 0 saturated heterocycles. The minimum atomic E-state index is -0.121. The van der Waals surface area contributed by atoms with Crippen molar-refractivity contribution in [3.8, 4) is 39.1 Å². The summed E-state index contributed by atoms with van der Waals surface area (Å²) in [5, 5.41) is 4.58. The van der Waals surface area contributed by atoms with Crippen LogP contribution in [0.5, 0.6) is 0 Å². The highest BCUT2D eigenvalue weighted by Gasteiger charge is 2.39. The fourth-order valence-electron chi connectivity index (χ4n) is 11.1. The van der Waals surface area contributed by atoms with Gasteiger partial charge in [0.05, 0.1) is 33.5 Å². The molecule has 0 N–H and O–H groups in total. The molecule has 13 rings (SSSR count). The van der Waals surface area contributed by atoms with E-state index in [1.165, 1.54) is 60.8 Å². The summed E-state index contributed by atoms with van der Waals surface area (Å²) >= 11 is 0. The lowest BCUT2D eigenvalue weighted by Gasteiger charge is -2.29. The highest BCUT2D eigenvalue weighted by Crippen LogP contribution is 2.55. The molecule has 0 amide bonds. The second-order valence-electron chi connectivity index (χ2n) is 18.1. The molecule has 312 valence electrons. The van der Waals surface area contributed by atoms with Crippen LogP contribution in [0.3, 0.4) is 0 Å². The normalized spacial score (nSPS) is 14.0. The molecule has 2 aliphatic carbocycles. The average Bonchev–Trinajstić information content (AvgIpc) is 4.00. The predicted octanol–water partition coefficient (Wildman–Crippen LogP) is 17.1. The van der Waals surface area contributed by atoms with E-state index >= 15 is 0 Å². The summed E-state index contributed by atoms with van der Waals surface area (Å²) in [7, 11) is 0. The first-order valence-corrected chi connectivity index (χ1v) is 23.0. The van der Waals surface area contributed by atoms with Gasteiger partial charge in [0.1, 0.15) is 11.2 Å². The van der Waals surface area contributed by atoms with Crippen LogP contribution in [0.4, 0.5) is 17.1 Å². The molecule has 2 aromatic heterocycles. The van der Waals surface area contributed by atoms with E-state index < -0.39 is 0 Å². The van der Waals surface area contributed by atoms with Crippen molar-refractivity contribution in [3.05, 3.63) is 235 Å². The summed E-state index contributed by atoms with van der Waals surface area (Å²) < 4.78 is 9.23. The zero-order valence-corrected chi connectivity index (χ0v) is 36.8. The van der Waals surface area contributed by atoms with Gasteiger partial charge in [-0.2, -0.15) is 0 Å². The van der Waals surface area contributed by atoms with Crippen LogP contribution in [-0.2, 0) is 5.41 Å². The Balaban J connectivity index is 1.06. The Morgan fingerprint density at radius 2 is 1.29 bits per heavy atom. The van der Waals surface area contributed by atoms with E-state index in [-0.39, 0.29) is 5.41 Å². The van der Waals surface area contributed by atoms with Crippen LogP contribution in [0.2, 0.25) is 0 Å². The van der Waals surface area contributed by atoms with Gasteiger partial charge in [-0.3, -0.25) is 0 Å². The smallest absolute Gasteiger partial charge is 0.137 e. The molecule has 0 spiro atoms. The minimum Gasteiger partial charge on any atom is -0.456 e. The first kappa shape index (κ1) is 38.2. The Labute approximate surface area is 384 Å². The summed E-state index contributed by atoms with van der Waals surface area (Å²) in [5.41, 5.74) is 20.5. The first-order valence-electron chi connectivity index (χ1n) is 23.0. The summed E-state index contributed by atoms with van der Waals surface area (Å²) in [6, 6.07) is 77.2. The second-order valence-corrected chi connectivity index (χ2v) is 18.1. The molecule has 66 heavy (non-hydrogen) atoms. The zero-order valence-electron chi connectivity index (χ0n) is 36.8. The van der Waals surface area contributed by atoms with Crippen molar-refractivity contribution in [1.82, 2.24) is 4.57 Å². The van der Waals surface area contributed by atoms with Crippen molar-refractivity contribution >= 4 is 66.4 Å². The Morgan fingerprint density at radius 3 is 2.09 bits per heavy atom. The van der Waals surface area contributed by atoms with Gasteiger partial charge < -0.3 is 13.9 Å². The molecule has 0 unspecified atom stereocenters. The number of para-hydroxylation sites is 2. The molecule has 11 aromatic rings. The highest BCUT2D eigenvalue weighted by atomic mass is 16.3. The van der Waals surface area contributed by atoms with Crippen LogP contribution in [0.15, 0.2) is 216 Å². The number of rotatable bonds is 7. The molecule has 3 nitrogen and oxygen atoms in total. The standard InChI is InChI=1S/C63H44N2O/c1-63(2)51-26-14-12-24-48(51)60-52(63)27-16-29-54(60)65(46-35-32-42(33-36-46)41-18-6-3-7-19-41)55-30-17-31-58-61(55)50-40-44(34-39-57(50)66-58)47-37-38-56-62(59(47)43-20-8-4-9-21-43)49-25-13-15-28-53(49)64(56)45-22-10-5-11-23-45/h3-11,13-23,25-32,34-35,37-40H,12,24H2,1-2H3. The van der Waals surface area contributed by atoms with E-state index in [0.29, 0.717) is 0 Å². The van der Waals surface area contributed by atoms with Gasteiger partial charge >= 0.3 is 0 Å². The monoisotopic (exact) mass is 844 g/mol. The molecule has 0 saturated carbocycles. The molecule has 3 heteroatoms. The van der Waals surface area contributed by atoms with Gasteiger partial charge in [0, 0.05) is 38.4 Å². The molecular formula is C63H44N2O. The van der Waals surface area contributed by atoms with Crippen LogP contribution in [-0.4, -0.2) is 4.57 Å². The van der Waals surface area contributed by atoms with Gasteiger partial charge in [0.15, 0.2) is 0 Å². The molecule has 0 aliphatic heterocycles. The topological polar surface area (TPSA) is 21.3 Å². The van der Waals surface area contributed by atoms with Crippen LogP contribution < -0.4 is 4.90 Å². The third-order valence-electron chi connectivity index (χ3n) is 14.1. The first-order chi connectivity index (χ1) is 32.5. The molecule has 9 aromatic carbocycles. The van der Waals surface area contributed by atoms with Gasteiger partial charge in [-0.05, 0) is 130 Å². The van der Waals surface area contributed by atoms with Crippen molar-refractivity contribution in [2.45, 2.75) is 32.1 Å². The summed E-state index contributed by atoms with van der Waals surface area (Å²) in [6.45, 7) is 4.75. The Kier molecular flexibility index (Phi) is 8.60. The van der Waals surface area contributed by atoms with E-state index in [1.807, 2.05) is 0 Å². The molecule has 2 aliphatic rings. The molecule has 2 heterocycles. The molecule has 0 bridgehead atoms. The average molecular weight is 845 g/mol. The Bertz CT molecular complexity index is 3760. The number of furan rings is 1. The SMILES string of the molecule is CC1(C)C2=C(CCC=C2)c2c(N(c3c#cc(-c4ccccc4)cc3)c3cccc4oc5ccc(-c6ccc7c(c6-c6ccccc6)c6ccccc6n7-c6ccccc6)cc5c34)cccc21. The summed E-state index contributed by atoms with van der Waals surface area (Å²) in [4.78, 5) is 2.41. The number of nitrogens with zero attached hydrogens (tertiary/aromatic N) is 2. The van der Waals surface area contributed by atoms with E-state index in [9.17, 15) is 0 Å². The number of aromatic nitrogens is 1. The summed E-state index contributed by atoms with van der Waals surface area (Å²) in [6.07, 6.45) is 6.75. The highest BCUT2D eigenvalue weighted by molar-refractivity contribution is 6.20. The van der Waals surface area contributed by atoms with Gasteiger partial charge in [-0.25, -0.2) is 0 Å². The zero-order chi connectivity index (χ0) is 43.9. The largest absolute Gasteiger partial charge is 0.456 e. The minimum absolute atomic E-state index is 0.121. The van der Waals surface area contributed by atoms with Crippen LogP contribution in [0, 0.1) is 12.1 Å². The third-order valence-corrected chi connectivity index (χ3v) is 14.1. The lowest BCUT2D eigenvalue weighted by Crippen LogP contribution is -2.17. The number of fused-ring (bicyclic) bond motifs is 8. The van der Waals surface area contributed by atoms with Crippen molar-refractivity contribution in [1.29, 1.82) is 0 Å². The van der Waals surface area contributed by atoms with Crippen molar-refractivity contribution < 1.29 is 4.42 Å². The maximum Gasteiger partial charge on any atom is 0.137 e. The lowest BCUT2D eigenvalue weighted by atomic mass is 9.80. The van der Waals surface area contributed by atoms with E-state index in [2.05, 4.69) is 242 Å². The van der Waals surface area contributed by atoms with Crippen LogP contribution in [0.25, 0.3) is 88.4 Å². The Hall–Kier alpha value is -8.32. The number of benzene rings is 8. The maximum atomic E-state index is 6.82. The predicted molar refractivity (Wildman–Crippen MR) is 275 cm³/mol. The third kappa shape index (κ3) is 5.78. The van der Waals surface area contributed by atoms with E-state index in [4.69, 9.17) is 4.42 Å². The second kappa shape index (κ2) is 14.9. The molecule has 0 atom stereocenters. The van der Waals surface area contributed by atoms with Crippen molar-refractivity contribution in [2.24, 2.45) is 0 Å². The van der Waals surface area contributed by atoms with Gasteiger partial charge in [0.2, 0.25) is 0 Å². The van der Waals surface area contributed by atoms with Crippen LogP contribution >= 0.6 is 0 Å². The maximum absolute atomic E-state index is 6.82. The van der Waals surface area contributed by atoms with Crippen molar-refractivity contribution in [2.75, 3.05) is 4.90 Å². The molecular weight excluding hydrogens is 801 g/mol. The van der Waals surface area contributed by atoms with Gasteiger partial charge in [0.25, 0.3) is 0 Å². The number of hydrogen-bond acceptors (Lipinski definition) is 2. The molecule has 0 fully saturated rings. The fraction of sp³-hybridized carbons (Fsp3) is 0.0794. The lowest BCUT2D eigenvalue weighted by molar-refractivity contribution is 0.651. The van der Waals surface area contributed by atoms with Gasteiger partial charge in [-0.15, -0.1) is 0 Å². The van der Waals surface area contributed by atoms with Crippen LogP contribution in [0.1, 0.15) is 37.8 Å². The van der Waals surface area contributed by atoms with Gasteiger partial charge in [-0.1, -0.05) is 159 Å².